The van der Waals surface area contributed by atoms with E-state index in [-0.39, 0.29) is 30.9 Å². The first kappa shape index (κ1) is 24.1. The van der Waals surface area contributed by atoms with E-state index in [1.807, 2.05) is 0 Å². The van der Waals surface area contributed by atoms with Gasteiger partial charge in [0.2, 0.25) is 0 Å². The normalized spacial score (nSPS) is 13.7. The van der Waals surface area contributed by atoms with Gasteiger partial charge in [0.1, 0.15) is 6.04 Å². The maximum Gasteiger partial charge on any atom is 0.321 e. The van der Waals surface area contributed by atoms with Gasteiger partial charge in [0, 0.05) is 25.7 Å². The van der Waals surface area contributed by atoms with E-state index in [0.717, 1.165) is 0 Å². The van der Waals surface area contributed by atoms with Crippen molar-refractivity contribution in [1.82, 2.24) is 0 Å². The minimum absolute atomic E-state index is 0.0153. The van der Waals surface area contributed by atoms with Gasteiger partial charge in [0.15, 0.2) is 11.5 Å². The second-order valence-electron chi connectivity index (χ2n) is 6.53. The Hall–Kier alpha value is -2.94. The number of hydrogen-bond acceptors (Lipinski definition) is 8. The summed E-state index contributed by atoms with van der Waals surface area (Å²) in [5.74, 6) is -4.00. The molecular weight excluding hydrogens is 382 g/mol. The van der Waals surface area contributed by atoms with Gasteiger partial charge in [0.25, 0.3) is 0 Å². The minimum Gasteiger partial charge on any atom is -0.480 e. The number of benzene rings is 1. The third-order valence-electron chi connectivity index (χ3n) is 4.21. The highest BCUT2D eigenvalue weighted by Gasteiger charge is 2.32. The highest BCUT2D eigenvalue weighted by Crippen LogP contribution is 2.36. The van der Waals surface area contributed by atoms with E-state index in [4.69, 9.17) is 19.9 Å². The average Bonchev–Trinajstić information content (AvgIpc) is 2.67. The van der Waals surface area contributed by atoms with E-state index in [0.29, 0.717) is 5.56 Å². The Morgan fingerprint density at radius 2 is 1.59 bits per heavy atom. The lowest BCUT2D eigenvalue weighted by molar-refractivity contribution is -0.143. The van der Waals surface area contributed by atoms with Crippen LogP contribution >= 0.6 is 0 Å². The maximum absolute atomic E-state index is 11.8. The monoisotopic (exact) mass is 409 g/mol. The molecule has 0 aliphatic carbocycles. The second kappa shape index (κ2) is 11.2. The van der Waals surface area contributed by atoms with E-state index in [9.17, 15) is 24.3 Å². The van der Waals surface area contributed by atoms with Crippen LogP contribution in [-0.2, 0) is 23.9 Å². The Labute approximate surface area is 169 Å². The molecule has 0 aliphatic heterocycles. The number of nitrogens with two attached hydrogens (primary N) is 1. The molecule has 0 radical (unpaired) electrons. The van der Waals surface area contributed by atoms with E-state index in [2.05, 4.69) is 0 Å². The first-order valence-corrected chi connectivity index (χ1v) is 9.27. The molecule has 3 atom stereocenters. The van der Waals surface area contributed by atoms with Crippen LogP contribution in [-0.4, -0.2) is 41.6 Å². The van der Waals surface area contributed by atoms with E-state index < -0.39 is 41.8 Å². The predicted molar refractivity (Wildman–Crippen MR) is 102 cm³/mol. The van der Waals surface area contributed by atoms with Gasteiger partial charge in [-0.1, -0.05) is 26.8 Å². The highest BCUT2D eigenvalue weighted by atomic mass is 16.6. The lowest BCUT2D eigenvalue weighted by Crippen LogP contribution is -2.40. The lowest BCUT2D eigenvalue weighted by Gasteiger charge is -2.28. The number of carbonyl (C=O) groups is 4. The lowest BCUT2D eigenvalue weighted by atomic mass is 9.82. The predicted octanol–water partition coefficient (Wildman–Crippen LogP) is 2.01. The fraction of sp³-hybridized carbons (Fsp3) is 0.500. The Bertz CT molecular complexity index is 761. The van der Waals surface area contributed by atoms with Crippen LogP contribution in [0.25, 0.3) is 0 Å². The molecule has 3 N–H and O–H groups in total. The first-order valence-electron chi connectivity index (χ1n) is 9.27. The van der Waals surface area contributed by atoms with Crippen molar-refractivity contribution in [3.05, 3.63) is 23.8 Å². The highest BCUT2D eigenvalue weighted by molar-refractivity contribution is 5.77. The van der Waals surface area contributed by atoms with Crippen molar-refractivity contribution >= 4 is 23.9 Å². The maximum atomic E-state index is 11.8. The molecule has 0 aromatic heterocycles. The molecule has 9 nitrogen and oxygen atoms in total. The second-order valence-corrected chi connectivity index (χ2v) is 6.53. The van der Waals surface area contributed by atoms with Crippen molar-refractivity contribution in [3.63, 3.8) is 0 Å². The third-order valence-corrected chi connectivity index (χ3v) is 4.21. The van der Waals surface area contributed by atoms with Crippen molar-refractivity contribution in [2.45, 2.75) is 52.5 Å². The van der Waals surface area contributed by atoms with Crippen molar-refractivity contribution in [1.29, 1.82) is 0 Å². The summed E-state index contributed by atoms with van der Waals surface area (Å²) in [6.07, 6.45) is 0.209. The fourth-order valence-electron chi connectivity index (χ4n) is 2.68. The van der Waals surface area contributed by atoms with Gasteiger partial charge in [-0.3, -0.25) is 19.2 Å². The van der Waals surface area contributed by atoms with E-state index in [1.54, 1.807) is 26.8 Å². The summed E-state index contributed by atoms with van der Waals surface area (Å²) in [4.78, 5) is 46.1. The van der Waals surface area contributed by atoms with Crippen molar-refractivity contribution in [2.24, 2.45) is 11.7 Å². The van der Waals surface area contributed by atoms with Gasteiger partial charge in [-0.25, -0.2) is 0 Å². The zero-order valence-electron chi connectivity index (χ0n) is 17.0. The molecule has 1 rings (SSSR count). The summed E-state index contributed by atoms with van der Waals surface area (Å²) in [6, 6.07) is 3.07. The Morgan fingerprint density at radius 1 is 1.03 bits per heavy atom. The number of carboxylic acids is 1. The van der Waals surface area contributed by atoms with Crippen LogP contribution in [0.15, 0.2) is 18.2 Å². The molecule has 0 amide bonds. The number of aliphatic carboxylic acids is 1. The van der Waals surface area contributed by atoms with Crippen LogP contribution in [0.5, 0.6) is 11.5 Å². The van der Waals surface area contributed by atoms with Gasteiger partial charge in [-0.2, -0.15) is 0 Å². The van der Waals surface area contributed by atoms with Gasteiger partial charge in [0.05, 0.1) is 6.61 Å². The van der Waals surface area contributed by atoms with Crippen molar-refractivity contribution in [3.8, 4) is 11.5 Å². The molecule has 9 heteroatoms. The number of hydrogen-bond donors (Lipinski definition) is 2. The molecule has 0 aliphatic rings. The number of rotatable bonds is 10. The standard InChI is InChI=1S/C20H27NO8/c1-5-16(23)28-14-8-7-13(9-15(14)29-17(24)6-2)18(19(21)20(25)26)11(3)10-27-12(4)22/h7-9,11,18-19H,5-6,10,21H2,1-4H3,(H,25,26)/t11?,18?,19-/m0/s1. The molecule has 0 fully saturated rings. The molecule has 2 unspecified atom stereocenters. The molecule has 0 bridgehead atoms. The van der Waals surface area contributed by atoms with Crippen LogP contribution in [0.4, 0.5) is 0 Å². The zero-order valence-corrected chi connectivity index (χ0v) is 17.0. The number of carbonyl (C=O) groups excluding carboxylic acids is 3. The molecular formula is C20H27NO8. The summed E-state index contributed by atoms with van der Waals surface area (Å²) < 4.78 is 15.4. The molecule has 1 aromatic carbocycles. The summed E-state index contributed by atoms with van der Waals surface area (Å²) in [7, 11) is 0. The smallest absolute Gasteiger partial charge is 0.321 e. The van der Waals surface area contributed by atoms with E-state index in [1.165, 1.54) is 19.1 Å². The fourth-order valence-corrected chi connectivity index (χ4v) is 2.68. The van der Waals surface area contributed by atoms with Crippen molar-refractivity contribution < 1.29 is 38.5 Å². The number of ether oxygens (including phenoxy) is 3. The molecule has 0 spiro atoms. The van der Waals surface area contributed by atoms with Crippen LogP contribution in [0.2, 0.25) is 0 Å². The number of carboxylic acid groups (broad SMARTS) is 1. The summed E-state index contributed by atoms with van der Waals surface area (Å²) >= 11 is 0. The molecule has 0 heterocycles. The molecule has 1 aromatic rings. The summed E-state index contributed by atoms with van der Waals surface area (Å²) in [6.45, 7) is 6.12. The van der Waals surface area contributed by atoms with Crippen LogP contribution in [0.3, 0.4) is 0 Å². The van der Waals surface area contributed by atoms with Crippen LogP contribution < -0.4 is 15.2 Å². The SMILES string of the molecule is CCC(=O)Oc1ccc(C(C(C)COC(C)=O)[C@H](N)C(=O)O)cc1OC(=O)CC. The van der Waals surface area contributed by atoms with Crippen LogP contribution in [0.1, 0.15) is 52.0 Å². The molecule has 160 valence electrons. The Kier molecular flexibility index (Phi) is 9.27. The Balaban J connectivity index is 3.37. The molecule has 29 heavy (non-hydrogen) atoms. The molecule has 0 saturated heterocycles. The zero-order chi connectivity index (χ0) is 22.1. The first-order chi connectivity index (χ1) is 13.6. The minimum atomic E-state index is -1.31. The van der Waals surface area contributed by atoms with Gasteiger partial charge in [-0.05, 0) is 23.6 Å². The Morgan fingerprint density at radius 3 is 2.07 bits per heavy atom. The largest absolute Gasteiger partial charge is 0.480 e. The summed E-state index contributed by atoms with van der Waals surface area (Å²) in [5.41, 5.74) is 6.32. The van der Waals surface area contributed by atoms with Gasteiger partial charge >= 0.3 is 23.9 Å². The van der Waals surface area contributed by atoms with Gasteiger partial charge < -0.3 is 25.1 Å². The van der Waals surface area contributed by atoms with Crippen molar-refractivity contribution in [2.75, 3.05) is 6.61 Å². The van der Waals surface area contributed by atoms with Gasteiger partial charge in [-0.15, -0.1) is 0 Å². The summed E-state index contributed by atoms with van der Waals surface area (Å²) in [5, 5.41) is 9.41. The number of esters is 3. The third kappa shape index (κ3) is 7.19. The van der Waals surface area contributed by atoms with E-state index >= 15 is 0 Å². The average molecular weight is 409 g/mol. The quantitative estimate of drug-likeness (QED) is 0.438. The topological polar surface area (TPSA) is 142 Å². The molecule has 0 saturated carbocycles. The van der Waals surface area contributed by atoms with Crippen LogP contribution in [0, 0.1) is 5.92 Å².